The highest BCUT2D eigenvalue weighted by Gasteiger charge is 2.26. The molecule has 0 aromatic heterocycles. The Bertz CT molecular complexity index is 475. The van der Waals surface area contributed by atoms with Crippen molar-refractivity contribution < 1.29 is 9.90 Å². The van der Waals surface area contributed by atoms with E-state index in [1.807, 2.05) is 20.8 Å². The minimum Gasteiger partial charge on any atom is -0.397 e. The van der Waals surface area contributed by atoms with Gasteiger partial charge in [-0.3, -0.25) is 4.79 Å². The zero-order valence-corrected chi connectivity index (χ0v) is 13.3. The van der Waals surface area contributed by atoms with Crippen LogP contribution in [0.1, 0.15) is 37.6 Å². The number of carbonyl (C=O) groups is 1. The fraction of sp³-hybridized carbons (Fsp3) is 0.500. The molecule has 6 heteroatoms. The first-order valence-corrected chi connectivity index (χ1v) is 7.08. The van der Waals surface area contributed by atoms with Crippen LogP contribution in [0, 0.1) is 5.41 Å². The van der Waals surface area contributed by atoms with Crippen molar-refractivity contribution in [2.45, 2.75) is 33.2 Å². The molecule has 0 aliphatic rings. The number of aliphatic hydroxyl groups excluding tert-OH is 1. The maximum Gasteiger partial charge on any atom is 0.251 e. The third-order valence-corrected chi connectivity index (χ3v) is 3.90. The van der Waals surface area contributed by atoms with E-state index < -0.39 is 0 Å². The lowest BCUT2D eigenvalue weighted by molar-refractivity contribution is 0.0885. The van der Waals surface area contributed by atoms with Gasteiger partial charge < -0.3 is 16.2 Å². The Morgan fingerprint density at radius 2 is 2.00 bits per heavy atom. The molecule has 0 aliphatic heterocycles. The molecule has 1 unspecified atom stereocenters. The minimum absolute atomic E-state index is 0.00568. The molecule has 0 saturated heterocycles. The van der Waals surface area contributed by atoms with Gasteiger partial charge in [0.25, 0.3) is 5.91 Å². The molecule has 0 spiro atoms. The lowest BCUT2D eigenvalue weighted by atomic mass is 9.84. The zero-order valence-electron chi connectivity index (χ0n) is 11.8. The number of rotatable bonds is 4. The van der Waals surface area contributed by atoms with Gasteiger partial charge >= 0.3 is 0 Å². The van der Waals surface area contributed by atoms with Gasteiger partial charge in [0, 0.05) is 18.2 Å². The maximum atomic E-state index is 12.2. The van der Waals surface area contributed by atoms with Crippen LogP contribution in [0.3, 0.4) is 0 Å². The van der Waals surface area contributed by atoms with E-state index in [-0.39, 0.29) is 39.7 Å². The molecule has 0 bridgehead atoms. The normalized spacial score (nSPS) is 13.1. The summed E-state index contributed by atoms with van der Waals surface area (Å²) < 4.78 is 0. The van der Waals surface area contributed by atoms with Gasteiger partial charge in [-0.25, -0.2) is 0 Å². The Morgan fingerprint density at radius 3 is 2.45 bits per heavy atom. The van der Waals surface area contributed by atoms with Crippen LogP contribution in [0.25, 0.3) is 0 Å². The average Bonchev–Trinajstić information content (AvgIpc) is 2.33. The summed E-state index contributed by atoms with van der Waals surface area (Å²) in [5, 5.41) is 12.5. The van der Waals surface area contributed by atoms with E-state index in [2.05, 4.69) is 5.32 Å². The Morgan fingerprint density at radius 1 is 1.40 bits per heavy atom. The van der Waals surface area contributed by atoms with Crippen LogP contribution in [0.15, 0.2) is 12.1 Å². The number of nitrogens with two attached hydrogens (primary N) is 1. The average molecular weight is 319 g/mol. The summed E-state index contributed by atoms with van der Waals surface area (Å²) in [4.78, 5) is 12.2. The first-order chi connectivity index (χ1) is 9.16. The Hall–Kier alpha value is -0.970. The first-order valence-electron chi connectivity index (χ1n) is 6.33. The summed E-state index contributed by atoms with van der Waals surface area (Å²) >= 11 is 11.8. The van der Waals surface area contributed by atoms with Crippen molar-refractivity contribution >= 4 is 34.8 Å². The van der Waals surface area contributed by atoms with Crippen molar-refractivity contribution in [3.8, 4) is 0 Å². The SMILES string of the molecule is CC(C)(C)C(CCO)NC(=O)c1cc(N)c(Cl)c(Cl)c1. The lowest BCUT2D eigenvalue weighted by Crippen LogP contribution is -2.44. The predicted molar refractivity (Wildman–Crippen MR) is 83.3 cm³/mol. The van der Waals surface area contributed by atoms with E-state index in [0.717, 1.165) is 0 Å². The highest BCUT2D eigenvalue weighted by molar-refractivity contribution is 6.43. The number of nitrogens with one attached hydrogen (secondary N) is 1. The van der Waals surface area contributed by atoms with Crippen LogP contribution >= 0.6 is 23.2 Å². The molecule has 20 heavy (non-hydrogen) atoms. The predicted octanol–water partition coefficient (Wildman–Crippen LogP) is 3.10. The molecule has 0 radical (unpaired) electrons. The van der Waals surface area contributed by atoms with Gasteiger partial charge in [-0.1, -0.05) is 44.0 Å². The topological polar surface area (TPSA) is 75.3 Å². The Labute approximate surface area is 129 Å². The second kappa shape index (κ2) is 6.66. The van der Waals surface area contributed by atoms with Crippen molar-refractivity contribution in [1.82, 2.24) is 5.32 Å². The number of amides is 1. The number of halogens is 2. The molecular weight excluding hydrogens is 299 g/mol. The van der Waals surface area contributed by atoms with Crippen LogP contribution in [0.4, 0.5) is 5.69 Å². The molecule has 0 fully saturated rings. The second-order valence-corrected chi connectivity index (χ2v) is 6.55. The molecule has 4 nitrogen and oxygen atoms in total. The number of nitrogen functional groups attached to an aromatic ring is 1. The van der Waals surface area contributed by atoms with Gasteiger partial charge in [0.2, 0.25) is 0 Å². The first kappa shape index (κ1) is 17.1. The van der Waals surface area contributed by atoms with Crippen molar-refractivity contribution in [2.24, 2.45) is 5.41 Å². The van der Waals surface area contributed by atoms with Gasteiger partial charge in [0.05, 0.1) is 15.7 Å². The highest BCUT2D eigenvalue weighted by atomic mass is 35.5. The number of hydrogen-bond acceptors (Lipinski definition) is 3. The molecule has 4 N–H and O–H groups in total. The summed E-state index contributed by atoms with van der Waals surface area (Å²) in [5.74, 6) is -0.288. The zero-order chi connectivity index (χ0) is 15.5. The van der Waals surface area contributed by atoms with Crippen LogP contribution in [0.2, 0.25) is 10.0 Å². The molecule has 1 aromatic carbocycles. The smallest absolute Gasteiger partial charge is 0.251 e. The third kappa shape index (κ3) is 4.27. The Kier molecular flexibility index (Phi) is 5.68. The van der Waals surface area contributed by atoms with Crippen LogP contribution in [0.5, 0.6) is 0 Å². The molecule has 1 amide bonds. The number of hydrogen-bond donors (Lipinski definition) is 3. The summed E-state index contributed by atoms with van der Waals surface area (Å²) in [7, 11) is 0. The number of benzene rings is 1. The fourth-order valence-corrected chi connectivity index (χ4v) is 2.17. The van der Waals surface area contributed by atoms with Gasteiger partial charge in [-0.05, 0) is 24.0 Å². The standard InChI is InChI=1S/C14H20Cl2N2O2/c1-14(2,3)11(4-5-19)18-13(20)8-6-9(15)12(16)10(17)7-8/h6-7,11,19H,4-5,17H2,1-3H3,(H,18,20). The van der Waals surface area contributed by atoms with Gasteiger partial charge in [0.15, 0.2) is 0 Å². The number of carbonyl (C=O) groups excluding carboxylic acids is 1. The van der Waals surface area contributed by atoms with Gasteiger partial charge in [-0.15, -0.1) is 0 Å². The minimum atomic E-state index is -0.288. The quantitative estimate of drug-likeness (QED) is 0.747. The van der Waals surface area contributed by atoms with Crippen molar-refractivity contribution in [2.75, 3.05) is 12.3 Å². The summed E-state index contributed by atoms with van der Waals surface area (Å²) in [6.45, 7) is 6.00. The van der Waals surface area contributed by atoms with E-state index in [4.69, 9.17) is 34.0 Å². The maximum absolute atomic E-state index is 12.2. The largest absolute Gasteiger partial charge is 0.397 e. The molecule has 0 heterocycles. The second-order valence-electron chi connectivity index (χ2n) is 5.77. The fourth-order valence-electron chi connectivity index (χ4n) is 1.83. The molecule has 0 aliphatic carbocycles. The number of aliphatic hydroxyl groups is 1. The molecular formula is C14H20Cl2N2O2. The lowest BCUT2D eigenvalue weighted by Gasteiger charge is -2.31. The Balaban J connectivity index is 2.95. The van der Waals surface area contributed by atoms with Gasteiger partial charge in [-0.2, -0.15) is 0 Å². The van der Waals surface area contributed by atoms with Crippen molar-refractivity contribution in [3.05, 3.63) is 27.7 Å². The molecule has 1 atom stereocenters. The van der Waals surface area contributed by atoms with Crippen molar-refractivity contribution in [3.63, 3.8) is 0 Å². The molecule has 1 rings (SSSR count). The molecule has 1 aromatic rings. The van der Waals surface area contributed by atoms with E-state index in [1.165, 1.54) is 12.1 Å². The third-order valence-electron chi connectivity index (χ3n) is 3.09. The summed E-state index contributed by atoms with van der Waals surface area (Å²) in [6, 6.07) is 2.81. The van der Waals surface area contributed by atoms with E-state index in [9.17, 15) is 4.79 Å². The van der Waals surface area contributed by atoms with Crippen molar-refractivity contribution in [1.29, 1.82) is 0 Å². The molecule has 0 saturated carbocycles. The number of anilines is 1. The highest BCUT2D eigenvalue weighted by Crippen LogP contribution is 2.30. The van der Waals surface area contributed by atoms with Crippen LogP contribution in [-0.2, 0) is 0 Å². The van der Waals surface area contributed by atoms with Crippen LogP contribution in [-0.4, -0.2) is 23.7 Å². The monoisotopic (exact) mass is 318 g/mol. The van der Waals surface area contributed by atoms with Crippen LogP contribution < -0.4 is 11.1 Å². The van der Waals surface area contributed by atoms with Gasteiger partial charge in [0.1, 0.15) is 0 Å². The summed E-state index contributed by atoms with van der Waals surface area (Å²) in [5.41, 5.74) is 6.15. The molecule has 112 valence electrons. The summed E-state index contributed by atoms with van der Waals surface area (Å²) in [6.07, 6.45) is 0.478. The van der Waals surface area contributed by atoms with E-state index >= 15 is 0 Å². The van der Waals surface area contributed by atoms with E-state index in [0.29, 0.717) is 12.0 Å². The van der Waals surface area contributed by atoms with E-state index in [1.54, 1.807) is 0 Å².